The van der Waals surface area contributed by atoms with Crippen LogP contribution < -0.4 is 20.9 Å². The Morgan fingerprint density at radius 1 is 1.21 bits per heavy atom. The van der Waals surface area contributed by atoms with Crippen LogP contribution in [0.25, 0.3) is 0 Å². The molecule has 1 unspecified atom stereocenters. The van der Waals surface area contributed by atoms with Crippen molar-refractivity contribution in [3.05, 3.63) is 29.3 Å². The third-order valence-electron chi connectivity index (χ3n) is 5.44. The summed E-state index contributed by atoms with van der Waals surface area (Å²) in [5.74, 6) is -1.02. The predicted molar refractivity (Wildman–Crippen MR) is 104 cm³/mol. The molecule has 2 fully saturated rings. The van der Waals surface area contributed by atoms with E-state index in [-0.39, 0.29) is 12.5 Å². The minimum atomic E-state index is -1.05. The summed E-state index contributed by atoms with van der Waals surface area (Å²) in [5, 5.41) is 2.73. The molecular weight excluding hydrogens is 376 g/mol. The Morgan fingerprint density at radius 3 is 2.59 bits per heavy atom. The van der Waals surface area contributed by atoms with Gasteiger partial charge in [0.15, 0.2) is 6.61 Å². The first kappa shape index (κ1) is 20.6. The average molecular weight is 402 g/mol. The van der Waals surface area contributed by atoms with Gasteiger partial charge < -0.3 is 10.1 Å². The maximum absolute atomic E-state index is 12.7. The van der Waals surface area contributed by atoms with Crippen molar-refractivity contribution >= 4 is 23.8 Å². The van der Waals surface area contributed by atoms with Crippen molar-refractivity contribution < 1.29 is 23.9 Å². The molecule has 1 saturated carbocycles. The van der Waals surface area contributed by atoms with Crippen molar-refractivity contribution in [1.29, 1.82) is 0 Å². The lowest BCUT2D eigenvalue weighted by Gasteiger charge is -2.23. The Hall–Kier alpha value is -3.10. The van der Waals surface area contributed by atoms with E-state index in [9.17, 15) is 19.2 Å². The quantitative estimate of drug-likeness (QED) is 0.503. The number of benzene rings is 1. The van der Waals surface area contributed by atoms with E-state index < -0.39 is 29.4 Å². The molecule has 1 atom stereocenters. The molecule has 1 spiro atoms. The zero-order valence-corrected chi connectivity index (χ0v) is 16.8. The number of amides is 5. The van der Waals surface area contributed by atoms with Crippen LogP contribution in [0.5, 0.6) is 5.75 Å². The summed E-state index contributed by atoms with van der Waals surface area (Å²) in [6, 6.07) is 4.02. The van der Waals surface area contributed by atoms with Gasteiger partial charge in [-0.1, -0.05) is 25.0 Å². The number of carbonyl (C=O) groups excluding carboxylic acids is 4. The first-order chi connectivity index (χ1) is 13.7. The van der Waals surface area contributed by atoms with Crippen LogP contribution in [-0.2, 0) is 14.4 Å². The molecule has 1 aromatic rings. The number of aryl methyl sites for hydroxylation is 2. The van der Waals surface area contributed by atoms with Crippen LogP contribution in [0.3, 0.4) is 0 Å². The number of urea groups is 1. The fraction of sp³-hybridized carbons (Fsp3) is 0.500. The van der Waals surface area contributed by atoms with Gasteiger partial charge in [0.05, 0.1) is 0 Å². The fourth-order valence-corrected chi connectivity index (χ4v) is 3.71. The Labute approximate surface area is 169 Å². The second-order valence-electron chi connectivity index (χ2n) is 7.67. The van der Waals surface area contributed by atoms with E-state index in [4.69, 9.17) is 4.74 Å². The molecule has 9 nitrogen and oxygen atoms in total. The topological polar surface area (TPSA) is 117 Å². The summed E-state index contributed by atoms with van der Waals surface area (Å²) in [7, 11) is 0. The second kappa shape index (κ2) is 8.10. The van der Waals surface area contributed by atoms with Crippen LogP contribution in [0.15, 0.2) is 18.2 Å². The monoisotopic (exact) mass is 402 g/mol. The van der Waals surface area contributed by atoms with Crippen LogP contribution >= 0.6 is 0 Å². The van der Waals surface area contributed by atoms with Crippen LogP contribution in [-0.4, -0.2) is 46.8 Å². The average Bonchev–Trinajstić information content (AvgIpc) is 3.25. The number of nitrogens with zero attached hydrogens (tertiary/aromatic N) is 1. The first-order valence-corrected chi connectivity index (χ1v) is 9.68. The van der Waals surface area contributed by atoms with Crippen molar-refractivity contribution in [1.82, 2.24) is 21.1 Å². The third kappa shape index (κ3) is 4.18. The van der Waals surface area contributed by atoms with E-state index in [1.165, 1.54) is 6.92 Å². The minimum absolute atomic E-state index is 0.287. The van der Waals surface area contributed by atoms with Gasteiger partial charge in [0.1, 0.15) is 17.3 Å². The van der Waals surface area contributed by atoms with Crippen molar-refractivity contribution in [2.24, 2.45) is 0 Å². The zero-order valence-electron chi connectivity index (χ0n) is 16.8. The van der Waals surface area contributed by atoms with Gasteiger partial charge in [-0.05, 0) is 50.8 Å². The van der Waals surface area contributed by atoms with E-state index >= 15 is 0 Å². The van der Waals surface area contributed by atoms with Gasteiger partial charge in [0.25, 0.3) is 17.7 Å². The van der Waals surface area contributed by atoms with Crippen molar-refractivity contribution in [2.45, 2.75) is 58.0 Å². The molecule has 5 amide bonds. The number of carbonyl (C=O) groups is 4. The SMILES string of the molecule is Cc1ccc(C)c(OCC(=O)NNC(=O)C(C)N2C(=O)NC3(CCCC3)C2=O)c1. The lowest BCUT2D eigenvalue weighted by atomic mass is 9.97. The highest BCUT2D eigenvalue weighted by molar-refractivity contribution is 6.10. The van der Waals surface area contributed by atoms with E-state index in [0.717, 1.165) is 28.9 Å². The predicted octanol–water partition coefficient (Wildman–Crippen LogP) is 1.08. The Kier molecular flexibility index (Phi) is 5.76. The van der Waals surface area contributed by atoms with E-state index in [2.05, 4.69) is 16.2 Å². The molecule has 1 heterocycles. The first-order valence-electron chi connectivity index (χ1n) is 9.68. The molecule has 29 heavy (non-hydrogen) atoms. The maximum atomic E-state index is 12.7. The van der Waals surface area contributed by atoms with Gasteiger partial charge in [-0.15, -0.1) is 0 Å². The van der Waals surface area contributed by atoms with Crippen LogP contribution in [0.4, 0.5) is 4.79 Å². The molecule has 1 aliphatic carbocycles. The maximum Gasteiger partial charge on any atom is 0.325 e. The van der Waals surface area contributed by atoms with Crippen molar-refractivity contribution in [3.63, 3.8) is 0 Å². The normalized spacial score (nSPS) is 18.5. The smallest absolute Gasteiger partial charge is 0.325 e. The molecule has 3 rings (SSSR count). The summed E-state index contributed by atoms with van der Waals surface area (Å²) in [6.07, 6.45) is 2.87. The van der Waals surface area contributed by atoms with Gasteiger partial charge in [-0.2, -0.15) is 0 Å². The molecular formula is C20H26N4O5. The van der Waals surface area contributed by atoms with E-state index in [1.807, 2.05) is 32.0 Å². The largest absolute Gasteiger partial charge is 0.483 e. The summed E-state index contributed by atoms with van der Waals surface area (Å²) >= 11 is 0. The standard InChI is InChI=1S/C20H26N4O5/c1-12-6-7-13(2)15(10-12)29-11-16(25)22-23-17(26)14(3)24-18(27)20(21-19(24)28)8-4-5-9-20/h6-7,10,14H,4-5,8-9,11H2,1-3H3,(H,21,28)(H,22,25)(H,23,26). The van der Waals surface area contributed by atoms with Gasteiger partial charge >= 0.3 is 6.03 Å². The molecule has 0 bridgehead atoms. The van der Waals surface area contributed by atoms with E-state index in [0.29, 0.717) is 18.6 Å². The molecule has 156 valence electrons. The minimum Gasteiger partial charge on any atom is -0.483 e. The van der Waals surface area contributed by atoms with Gasteiger partial charge in [0.2, 0.25) is 0 Å². The Bertz CT molecular complexity index is 847. The number of hydrazine groups is 1. The van der Waals surface area contributed by atoms with Gasteiger partial charge in [-0.3, -0.25) is 25.2 Å². The second-order valence-corrected chi connectivity index (χ2v) is 7.67. The molecule has 0 radical (unpaired) electrons. The molecule has 0 aromatic heterocycles. The molecule has 2 aliphatic rings. The summed E-state index contributed by atoms with van der Waals surface area (Å²) in [5.41, 5.74) is 5.51. The number of hydrogen-bond acceptors (Lipinski definition) is 5. The molecule has 1 saturated heterocycles. The highest BCUT2D eigenvalue weighted by Crippen LogP contribution is 2.35. The molecule has 3 N–H and O–H groups in total. The number of nitrogens with one attached hydrogen (secondary N) is 3. The lowest BCUT2D eigenvalue weighted by Crippen LogP contribution is -2.54. The summed E-state index contributed by atoms with van der Waals surface area (Å²) in [4.78, 5) is 50.2. The van der Waals surface area contributed by atoms with Crippen LogP contribution in [0, 0.1) is 13.8 Å². The lowest BCUT2D eigenvalue weighted by molar-refractivity contribution is -0.139. The number of rotatable bonds is 5. The zero-order chi connectivity index (χ0) is 21.2. The summed E-state index contributed by atoms with van der Waals surface area (Å²) in [6.45, 7) is 4.94. The van der Waals surface area contributed by atoms with Crippen LogP contribution in [0.1, 0.15) is 43.7 Å². The Morgan fingerprint density at radius 2 is 1.90 bits per heavy atom. The number of hydrogen-bond donors (Lipinski definition) is 3. The summed E-state index contributed by atoms with van der Waals surface area (Å²) < 4.78 is 5.48. The molecule has 1 aliphatic heterocycles. The third-order valence-corrected chi connectivity index (χ3v) is 5.44. The van der Waals surface area contributed by atoms with Crippen LogP contribution in [0.2, 0.25) is 0 Å². The van der Waals surface area contributed by atoms with E-state index in [1.54, 1.807) is 0 Å². The number of imide groups is 1. The highest BCUT2D eigenvalue weighted by Gasteiger charge is 2.54. The number of ether oxygens (including phenoxy) is 1. The molecule has 9 heteroatoms. The van der Waals surface area contributed by atoms with Crippen molar-refractivity contribution in [2.75, 3.05) is 6.61 Å². The Balaban J connectivity index is 1.51. The molecule has 1 aromatic carbocycles. The fourth-order valence-electron chi connectivity index (χ4n) is 3.71. The van der Waals surface area contributed by atoms with Crippen molar-refractivity contribution in [3.8, 4) is 5.75 Å². The van der Waals surface area contributed by atoms with Gasteiger partial charge in [-0.25, -0.2) is 9.69 Å². The highest BCUT2D eigenvalue weighted by atomic mass is 16.5. The van der Waals surface area contributed by atoms with Gasteiger partial charge in [0, 0.05) is 0 Å².